The minimum absolute atomic E-state index is 0.0319. The first kappa shape index (κ1) is 13.8. The van der Waals surface area contributed by atoms with Crippen molar-refractivity contribution in [3.05, 3.63) is 35.4 Å². The minimum atomic E-state index is -0.912. The number of carbonyl (C=O) groups excluding carboxylic acids is 1. The number of hydrogen-bond donors (Lipinski definition) is 1. The molecular formula is C13H17F2NO. The SMILES string of the molecule is CC(CCCN)C(=O)Cc1ccc(F)c(F)c1. The highest BCUT2D eigenvalue weighted by atomic mass is 19.2. The molecule has 0 saturated carbocycles. The van der Waals surface area contributed by atoms with Gasteiger partial charge in [-0.05, 0) is 37.1 Å². The molecular weight excluding hydrogens is 224 g/mol. The fourth-order valence-corrected chi connectivity index (χ4v) is 1.61. The van der Waals surface area contributed by atoms with Crippen LogP contribution in [0.2, 0.25) is 0 Å². The summed E-state index contributed by atoms with van der Waals surface area (Å²) in [6.07, 6.45) is 1.67. The van der Waals surface area contributed by atoms with E-state index in [4.69, 9.17) is 5.73 Å². The van der Waals surface area contributed by atoms with Gasteiger partial charge in [0.05, 0.1) is 0 Å². The van der Waals surface area contributed by atoms with Crippen molar-refractivity contribution in [1.29, 1.82) is 0 Å². The molecule has 0 saturated heterocycles. The van der Waals surface area contributed by atoms with Gasteiger partial charge in [0.2, 0.25) is 0 Å². The number of Topliss-reactive ketones (excluding diaryl/α,β-unsaturated/α-hetero) is 1. The minimum Gasteiger partial charge on any atom is -0.330 e. The zero-order valence-corrected chi connectivity index (χ0v) is 9.88. The number of halogens is 2. The summed E-state index contributed by atoms with van der Waals surface area (Å²) in [6, 6.07) is 3.55. The lowest BCUT2D eigenvalue weighted by Crippen LogP contribution is -2.15. The van der Waals surface area contributed by atoms with E-state index in [0.717, 1.165) is 25.0 Å². The Morgan fingerprint density at radius 2 is 2.06 bits per heavy atom. The zero-order valence-electron chi connectivity index (χ0n) is 9.88. The van der Waals surface area contributed by atoms with Crippen molar-refractivity contribution in [3.8, 4) is 0 Å². The molecule has 0 bridgehead atoms. The van der Waals surface area contributed by atoms with Crippen LogP contribution in [0.1, 0.15) is 25.3 Å². The molecule has 1 rings (SSSR count). The van der Waals surface area contributed by atoms with Crippen molar-refractivity contribution < 1.29 is 13.6 Å². The van der Waals surface area contributed by atoms with E-state index in [1.807, 2.05) is 6.92 Å². The average Bonchev–Trinajstić information content (AvgIpc) is 2.30. The molecule has 0 fully saturated rings. The summed E-state index contributed by atoms with van der Waals surface area (Å²) in [7, 11) is 0. The third-order valence-corrected chi connectivity index (χ3v) is 2.75. The highest BCUT2D eigenvalue weighted by Gasteiger charge is 2.13. The van der Waals surface area contributed by atoms with Gasteiger partial charge >= 0.3 is 0 Å². The number of rotatable bonds is 6. The van der Waals surface area contributed by atoms with Crippen molar-refractivity contribution in [2.75, 3.05) is 6.54 Å². The summed E-state index contributed by atoms with van der Waals surface area (Å²) in [4.78, 5) is 11.8. The maximum atomic E-state index is 12.9. The Morgan fingerprint density at radius 1 is 1.35 bits per heavy atom. The van der Waals surface area contributed by atoms with E-state index < -0.39 is 11.6 Å². The molecule has 0 aliphatic heterocycles. The average molecular weight is 241 g/mol. The second kappa shape index (κ2) is 6.45. The van der Waals surface area contributed by atoms with Gasteiger partial charge in [-0.15, -0.1) is 0 Å². The van der Waals surface area contributed by atoms with Gasteiger partial charge in [0.15, 0.2) is 11.6 Å². The second-order valence-corrected chi connectivity index (χ2v) is 4.22. The molecule has 1 aromatic carbocycles. The molecule has 1 aromatic rings. The van der Waals surface area contributed by atoms with Gasteiger partial charge in [0, 0.05) is 12.3 Å². The molecule has 4 heteroatoms. The third-order valence-electron chi connectivity index (χ3n) is 2.75. The first-order valence-corrected chi connectivity index (χ1v) is 5.71. The normalized spacial score (nSPS) is 12.5. The van der Waals surface area contributed by atoms with E-state index in [1.54, 1.807) is 0 Å². The summed E-state index contributed by atoms with van der Waals surface area (Å²) in [5.41, 5.74) is 5.87. The largest absolute Gasteiger partial charge is 0.330 e. The zero-order chi connectivity index (χ0) is 12.8. The fraction of sp³-hybridized carbons (Fsp3) is 0.462. The molecule has 1 unspecified atom stereocenters. The number of hydrogen-bond acceptors (Lipinski definition) is 2. The summed E-state index contributed by atoms with van der Waals surface area (Å²) < 4.78 is 25.6. The number of carbonyl (C=O) groups is 1. The van der Waals surface area contributed by atoms with Crippen molar-refractivity contribution in [2.45, 2.75) is 26.2 Å². The van der Waals surface area contributed by atoms with E-state index in [1.165, 1.54) is 6.07 Å². The maximum absolute atomic E-state index is 12.9. The predicted octanol–water partition coefficient (Wildman–Crippen LogP) is 2.45. The Kier molecular flexibility index (Phi) is 5.22. The summed E-state index contributed by atoms with van der Waals surface area (Å²) in [5, 5.41) is 0. The van der Waals surface area contributed by atoms with Crippen molar-refractivity contribution >= 4 is 5.78 Å². The van der Waals surface area contributed by atoms with E-state index in [2.05, 4.69) is 0 Å². The lowest BCUT2D eigenvalue weighted by atomic mass is 9.95. The van der Waals surface area contributed by atoms with E-state index in [9.17, 15) is 13.6 Å². The van der Waals surface area contributed by atoms with Crippen LogP contribution < -0.4 is 5.73 Å². The molecule has 94 valence electrons. The summed E-state index contributed by atoms with van der Waals surface area (Å²) >= 11 is 0. The van der Waals surface area contributed by atoms with Crippen LogP contribution in [0.25, 0.3) is 0 Å². The molecule has 0 aliphatic carbocycles. The Balaban J connectivity index is 2.58. The van der Waals surface area contributed by atoms with Gasteiger partial charge in [0.25, 0.3) is 0 Å². The standard InChI is InChI=1S/C13H17F2NO/c1-9(3-2-6-16)13(17)8-10-4-5-11(14)12(15)7-10/h4-5,7,9H,2-3,6,8,16H2,1H3. The Morgan fingerprint density at radius 3 is 2.65 bits per heavy atom. The van der Waals surface area contributed by atoms with Crippen LogP contribution in [0.15, 0.2) is 18.2 Å². The van der Waals surface area contributed by atoms with Gasteiger partial charge < -0.3 is 5.73 Å². The maximum Gasteiger partial charge on any atom is 0.159 e. The number of nitrogens with two attached hydrogens (primary N) is 1. The predicted molar refractivity (Wildman–Crippen MR) is 62.5 cm³/mol. The van der Waals surface area contributed by atoms with Crippen molar-refractivity contribution in [2.24, 2.45) is 11.7 Å². The van der Waals surface area contributed by atoms with Gasteiger partial charge in [-0.25, -0.2) is 8.78 Å². The van der Waals surface area contributed by atoms with E-state index in [0.29, 0.717) is 12.1 Å². The van der Waals surface area contributed by atoms with Crippen LogP contribution >= 0.6 is 0 Å². The van der Waals surface area contributed by atoms with Crippen molar-refractivity contribution in [3.63, 3.8) is 0 Å². The molecule has 0 amide bonds. The van der Waals surface area contributed by atoms with Crippen LogP contribution in [0.4, 0.5) is 8.78 Å². The smallest absolute Gasteiger partial charge is 0.159 e. The highest BCUT2D eigenvalue weighted by molar-refractivity contribution is 5.82. The van der Waals surface area contributed by atoms with Crippen LogP contribution in [0.5, 0.6) is 0 Å². The molecule has 0 radical (unpaired) electrons. The lowest BCUT2D eigenvalue weighted by molar-refractivity contribution is -0.121. The quantitative estimate of drug-likeness (QED) is 0.831. The third kappa shape index (κ3) is 4.23. The fourth-order valence-electron chi connectivity index (χ4n) is 1.61. The van der Waals surface area contributed by atoms with Crippen LogP contribution in [0, 0.1) is 17.6 Å². The lowest BCUT2D eigenvalue weighted by Gasteiger charge is -2.09. The second-order valence-electron chi connectivity index (χ2n) is 4.22. The first-order valence-electron chi connectivity index (χ1n) is 5.71. The summed E-state index contributed by atoms with van der Waals surface area (Å²) in [5.74, 6) is -1.86. The molecule has 2 nitrogen and oxygen atoms in total. The van der Waals surface area contributed by atoms with E-state index >= 15 is 0 Å². The highest BCUT2D eigenvalue weighted by Crippen LogP contribution is 2.13. The first-order chi connectivity index (χ1) is 8.04. The molecule has 0 spiro atoms. The monoisotopic (exact) mass is 241 g/mol. The van der Waals surface area contributed by atoms with Crippen LogP contribution in [-0.4, -0.2) is 12.3 Å². The molecule has 0 aromatic heterocycles. The summed E-state index contributed by atoms with van der Waals surface area (Å²) in [6.45, 7) is 2.39. The Hall–Kier alpha value is -1.29. The van der Waals surface area contributed by atoms with Crippen LogP contribution in [0.3, 0.4) is 0 Å². The molecule has 0 heterocycles. The topological polar surface area (TPSA) is 43.1 Å². The van der Waals surface area contributed by atoms with Gasteiger partial charge in [-0.2, -0.15) is 0 Å². The molecule has 17 heavy (non-hydrogen) atoms. The van der Waals surface area contributed by atoms with Crippen LogP contribution in [-0.2, 0) is 11.2 Å². The van der Waals surface area contributed by atoms with E-state index in [-0.39, 0.29) is 18.1 Å². The van der Waals surface area contributed by atoms with Crippen molar-refractivity contribution in [1.82, 2.24) is 0 Å². The van der Waals surface area contributed by atoms with Gasteiger partial charge in [-0.1, -0.05) is 13.0 Å². The number of ketones is 1. The number of benzene rings is 1. The Bertz CT molecular complexity index is 393. The van der Waals surface area contributed by atoms with Gasteiger partial charge in [0.1, 0.15) is 5.78 Å². The van der Waals surface area contributed by atoms with Gasteiger partial charge in [-0.3, -0.25) is 4.79 Å². The molecule has 2 N–H and O–H groups in total. The molecule has 1 atom stereocenters. The Labute approximate surface area is 99.8 Å². The molecule has 0 aliphatic rings.